The lowest BCUT2D eigenvalue weighted by Crippen LogP contribution is -2.44. The molecular formula is C12H11F3N4O. The van der Waals surface area contributed by atoms with Crippen LogP contribution in [0.5, 0.6) is 0 Å². The molecule has 1 saturated carbocycles. The highest BCUT2D eigenvalue weighted by molar-refractivity contribution is 5.92. The molecule has 1 amide bonds. The molecule has 0 spiro atoms. The van der Waals surface area contributed by atoms with Gasteiger partial charge in [-0.3, -0.25) is 4.79 Å². The third-order valence-corrected chi connectivity index (χ3v) is 3.12. The maximum atomic E-state index is 12.5. The number of carbonyl (C=O) groups is 1. The fraction of sp³-hybridized carbons (Fsp3) is 0.417. The number of hydrogen-bond acceptors (Lipinski definition) is 4. The van der Waals surface area contributed by atoms with E-state index in [1.165, 1.54) is 0 Å². The van der Waals surface area contributed by atoms with Gasteiger partial charge in [0.25, 0.3) is 0 Å². The molecule has 5 nitrogen and oxygen atoms in total. The molecule has 1 aromatic heterocycles. The molecule has 0 bridgehead atoms. The molecule has 106 valence electrons. The minimum atomic E-state index is -4.47. The quantitative estimate of drug-likeness (QED) is 0.656. The summed E-state index contributed by atoms with van der Waals surface area (Å²) in [6, 6.07) is 1.60. The largest absolute Gasteiger partial charge is 0.416 e. The van der Waals surface area contributed by atoms with E-state index in [0.717, 1.165) is 18.3 Å². The highest BCUT2D eigenvalue weighted by Gasteiger charge is 2.35. The van der Waals surface area contributed by atoms with E-state index < -0.39 is 11.7 Å². The van der Waals surface area contributed by atoms with E-state index in [9.17, 15) is 18.0 Å². The molecule has 2 N–H and O–H groups in total. The van der Waals surface area contributed by atoms with Crippen LogP contribution in [0, 0.1) is 17.4 Å². The Hall–Kier alpha value is -2.30. The topological polar surface area (TPSA) is 77.8 Å². The summed E-state index contributed by atoms with van der Waals surface area (Å²) < 4.78 is 37.5. The van der Waals surface area contributed by atoms with Gasteiger partial charge in [-0.2, -0.15) is 18.4 Å². The van der Waals surface area contributed by atoms with Crippen LogP contribution < -0.4 is 10.6 Å². The minimum Gasteiger partial charge on any atom is -0.321 e. The molecule has 1 aliphatic carbocycles. The van der Waals surface area contributed by atoms with Gasteiger partial charge in [0, 0.05) is 18.2 Å². The summed E-state index contributed by atoms with van der Waals surface area (Å²) >= 11 is 0. The summed E-state index contributed by atoms with van der Waals surface area (Å²) in [5, 5.41) is 13.3. The fourth-order valence-corrected chi connectivity index (χ4v) is 1.94. The summed E-state index contributed by atoms with van der Waals surface area (Å²) in [6.45, 7) is 0. The highest BCUT2D eigenvalue weighted by atomic mass is 19.4. The second kappa shape index (κ2) is 5.36. The van der Waals surface area contributed by atoms with Gasteiger partial charge < -0.3 is 10.6 Å². The van der Waals surface area contributed by atoms with E-state index in [0.29, 0.717) is 12.8 Å². The fourth-order valence-electron chi connectivity index (χ4n) is 1.94. The number of aromatic nitrogens is 1. The van der Waals surface area contributed by atoms with Gasteiger partial charge in [0.2, 0.25) is 5.91 Å². The molecule has 0 aromatic carbocycles. The number of hydrogen-bond donors (Lipinski definition) is 2. The summed E-state index contributed by atoms with van der Waals surface area (Å²) in [4.78, 5) is 15.5. The first kappa shape index (κ1) is 14.1. The van der Waals surface area contributed by atoms with E-state index in [1.54, 1.807) is 6.19 Å². The lowest BCUT2D eigenvalue weighted by atomic mass is 9.80. The van der Waals surface area contributed by atoms with E-state index in [1.807, 2.05) is 0 Å². The smallest absolute Gasteiger partial charge is 0.321 e. The Balaban J connectivity index is 1.94. The van der Waals surface area contributed by atoms with Crippen LogP contribution in [0.15, 0.2) is 18.3 Å². The van der Waals surface area contributed by atoms with E-state index >= 15 is 0 Å². The van der Waals surface area contributed by atoms with Crippen LogP contribution in [0.25, 0.3) is 0 Å². The number of alkyl halides is 3. The van der Waals surface area contributed by atoms with Crippen molar-refractivity contribution in [2.24, 2.45) is 5.92 Å². The van der Waals surface area contributed by atoms with Crippen molar-refractivity contribution in [3.63, 3.8) is 0 Å². The summed E-state index contributed by atoms with van der Waals surface area (Å²) in [6.07, 6.45) is -0.719. The average molecular weight is 284 g/mol. The van der Waals surface area contributed by atoms with Crippen LogP contribution in [0.4, 0.5) is 19.0 Å². The average Bonchev–Trinajstić information content (AvgIpc) is 2.32. The molecule has 1 aromatic rings. The van der Waals surface area contributed by atoms with Crippen molar-refractivity contribution in [3.05, 3.63) is 23.9 Å². The van der Waals surface area contributed by atoms with E-state index in [-0.39, 0.29) is 23.7 Å². The zero-order valence-electron chi connectivity index (χ0n) is 10.2. The van der Waals surface area contributed by atoms with Gasteiger partial charge in [0.15, 0.2) is 6.19 Å². The first-order valence-electron chi connectivity index (χ1n) is 5.89. The number of pyridine rings is 1. The molecule has 0 atom stereocenters. The van der Waals surface area contributed by atoms with Crippen molar-refractivity contribution in [1.29, 1.82) is 5.26 Å². The monoisotopic (exact) mass is 284 g/mol. The second-order valence-electron chi connectivity index (χ2n) is 4.54. The zero-order valence-corrected chi connectivity index (χ0v) is 10.2. The van der Waals surface area contributed by atoms with Crippen LogP contribution in [0.1, 0.15) is 18.4 Å². The van der Waals surface area contributed by atoms with E-state index in [4.69, 9.17) is 5.26 Å². The van der Waals surface area contributed by atoms with Gasteiger partial charge in [-0.15, -0.1) is 0 Å². The van der Waals surface area contributed by atoms with E-state index in [2.05, 4.69) is 15.6 Å². The Bertz CT molecular complexity index is 546. The van der Waals surface area contributed by atoms with Gasteiger partial charge in [-0.25, -0.2) is 4.98 Å². The van der Waals surface area contributed by atoms with Gasteiger partial charge in [-0.05, 0) is 25.0 Å². The normalized spacial score (nSPS) is 21.5. The molecule has 0 unspecified atom stereocenters. The Kier molecular flexibility index (Phi) is 3.79. The summed E-state index contributed by atoms with van der Waals surface area (Å²) in [5.41, 5.74) is -0.861. The number of nitriles is 1. The van der Waals surface area contributed by atoms with Crippen molar-refractivity contribution in [2.45, 2.75) is 25.1 Å². The number of nitrogens with one attached hydrogen (secondary N) is 2. The predicted octanol–water partition coefficient (Wildman–Crippen LogP) is 1.89. The zero-order chi connectivity index (χ0) is 14.8. The summed E-state index contributed by atoms with van der Waals surface area (Å²) in [5.74, 6) is -0.813. The van der Waals surface area contributed by atoms with Gasteiger partial charge >= 0.3 is 6.18 Å². The molecule has 1 aliphatic rings. The van der Waals surface area contributed by atoms with Gasteiger partial charge in [0.1, 0.15) is 5.82 Å². The van der Waals surface area contributed by atoms with Crippen molar-refractivity contribution in [2.75, 3.05) is 5.32 Å². The number of nitrogens with zero attached hydrogens (tertiary/aromatic N) is 2. The maximum Gasteiger partial charge on any atom is 0.416 e. The Labute approximate surface area is 112 Å². The molecule has 1 heterocycles. The SMILES string of the molecule is N#CNC1CC(C(=O)Nc2cc(C(F)(F)F)ccn2)C1. The molecule has 2 rings (SSSR count). The van der Waals surface area contributed by atoms with Crippen molar-refractivity contribution < 1.29 is 18.0 Å². The van der Waals surface area contributed by atoms with Gasteiger partial charge in [0.05, 0.1) is 5.56 Å². The van der Waals surface area contributed by atoms with Crippen LogP contribution in [0.2, 0.25) is 0 Å². The molecule has 8 heteroatoms. The number of halogens is 3. The van der Waals surface area contributed by atoms with Crippen molar-refractivity contribution in [3.8, 4) is 6.19 Å². The van der Waals surface area contributed by atoms with Crippen molar-refractivity contribution in [1.82, 2.24) is 10.3 Å². The summed E-state index contributed by atoms with van der Waals surface area (Å²) in [7, 11) is 0. The van der Waals surface area contributed by atoms with Crippen LogP contribution in [-0.4, -0.2) is 16.9 Å². The Morgan fingerprint density at radius 1 is 1.45 bits per heavy atom. The standard InChI is InChI=1S/C12H11F3N4O/c13-12(14,15)8-1-2-17-10(5-8)19-11(20)7-3-9(4-7)18-6-16/h1-2,5,7,9,18H,3-4H2,(H,17,19,20). The third kappa shape index (κ3) is 3.17. The first-order chi connectivity index (χ1) is 9.40. The second-order valence-corrected chi connectivity index (χ2v) is 4.54. The predicted molar refractivity (Wildman–Crippen MR) is 63.1 cm³/mol. The lowest BCUT2D eigenvalue weighted by Gasteiger charge is -2.32. The number of carbonyl (C=O) groups excluding carboxylic acids is 1. The molecule has 20 heavy (non-hydrogen) atoms. The molecule has 0 aliphatic heterocycles. The molecular weight excluding hydrogens is 273 g/mol. The lowest BCUT2D eigenvalue weighted by molar-refractivity contribution is -0.137. The highest BCUT2D eigenvalue weighted by Crippen LogP contribution is 2.31. The van der Waals surface area contributed by atoms with Crippen LogP contribution in [0.3, 0.4) is 0 Å². The molecule has 0 saturated heterocycles. The van der Waals surface area contributed by atoms with Crippen molar-refractivity contribution >= 4 is 11.7 Å². The molecule has 1 fully saturated rings. The Morgan fingerprint density at radius 3 is 2.75 bits per heavy atom. The number of rotatable bonds is 3. The minimum absolute atomic E-state index is 0.0368. The number of anilines is 1. The molecule has 0 radical (unpaired) electrons. The third-order valence-electron chi connectivity index (χ3n) is 3.12. The number of amides is 1. The first-order valence-corrected chi connectivity index (χ1v) is 5.89. The maximum absolute atomic E-state index is 12.5. The van der Waals surface area contributed by atoms with Crippen LogP contribution >= 0.6 is 0 Å². The Morgan fingerprint density at radius 2 is 2.15 bits per heavy atom. The van der Waals surface area contributed by atoms with Gasteiger partial charge in [-0.1, -0.05) is 0 Å². The van der Waals surface area contributed by atoms with Crippen LogP contribution in [-0.2, 0) is 11.0 Å².